The van der Waals surface area contributed by atoms with Gasteiger partial charge in [-0.1, -0.05) is 40.0 Å². The van der Waals surface area contributed by atoms with Gasteiger partial charge in [0.15, 0.2) is 0 Å². The fraction of sp³-hybridized carbons (Fsp3) is 0.571. The molecule has 0 spiro atoms. The van der Waals surface area contributed by atoms with Gasteiger partial charge in [-0.15, -0.1) is 0 Å². The van der Waals surface area contributed by atoms with Crippen molar-refractivity contribution < 1.29 is 0 Å². The summed E-state index contributed by atoms with van der Waals surface area (Å²) in [6.45, 7) is 18.4. The first-order valence-corrected chi connectivity index (χ1v) is 5.95. The fourth-order valence-corrected chi connectivity index (χ4v) is 1.62. The molecule has 1 saturated heterocycles. The van der Waals surface area contributed by atoms with Crippen molar-refractivity contribution in [2.24, 2.45) is 0 Å². The van der Waals surface area contributed by atoms with E-state index in [0.29, 0.717) is 0 Å². The number of allylic oxidation sites excluding steroid dienone is 2. The Morgan fingerprint density at radius 1 is 1.47 bits per heavy atom. The molecule has 1 aliphatic heterocycles. The van der Waals surface area contributed by atoms with Gasteiger partial charge in [-0.3, -0.25) is 0 Å². The molecule has 1 rings (SSSR count). The molecule has 1 nitrogen and oxygen atoms in total. The zero-order valence-corrected chi connectivity index (χ0v) is 10.8. The predicted octanol–water partition coefficient (Wildman–Crippen LogP) is 4.14. The molecule has 0 bridgehead atoms. The highest BCUT2D eigenvalue weighted by Crippen LogP contribution is 2.23. The Morgan fingerprint density at radius 2 is 2.07 bits per heavy atom. The summed E-state index contributed by atoms with van der Waals surface area (Å²) in [5, 5.41) is 0. The Morgan fingerprint density at radius 3 is 2.53 bits per heavy atom. The van der Waals surface area contributed by atoms with Crippen molar-refractivity contribution in [3.05, 3.63) is 36.1 Å². The van der Waals surface area contributed by atoms with E-state index in [-0.39, 0.29) is 0 Å². The summed E-state index contributed by atoms with van der Waals surface area (Å²) < 4.78 is 0. The van der Waals surface area contributed by atoms with Crippen LogP contribution in [-0.4, -0.2) is 18.0 Å². The summed E-state index contributed by atoms with van der Waals surface area (Å²) in [5.41, 5.74) is 3.91. The standard InChI is InChI=1S/C12H19N.C2H6/c1-5-11(4)13-8-7-10(3)12(6-2)9-13;1-2/h6H,3-5,7-9H2,1-2H3;1-2H3/b12-6-;. The van der Waals surface area contributed by atoms with Crippen LogP contribution >= 0.6 is 0 Å². The highest BCUT2D eigenvalue weighted by Gasteiger charge is 2.16. The average molecular weight is 207 g/mol. The van der Waals surface area contributed by atoms with Gasteiger partial charge < -0.3 is 4.90 Å². The number of nitrogens with zero attached hydrogens (tertiary/aromatic N) is 1. The second-order valence-electron chi connectivity index (χ2n) is 3.51. The fourth-order valence-electron chi connectivity index (χ4n) is 1.62. The molecule has 0 N–H and O–H groups in total. The topological polar surface area (TPSA) is 3.24 Å². The van der Waals surface area contributed by atoms with Crippen LogP contribution in [0.2, 0.25) is 0 Å². The zero-order valence-electron chi connectivity index (χ0n) is 10.8. The Hall–Kier alpha value is -0.980. The van der Waals surface area contributed by atoms with E-state index >= 15 is 0 Å². The molecule has 0 aliphatic carbocycles. The maximum Gasteiger partial charge on any atom is 0.0425 e. The lowest BCUT2D eigenvalue weighted by molar-refractivity contribution is 0.349. The molecule has 0 atom stereocenters. The third-order valence-corrected chi connectivity index (χ3v) is 2.70. The Labute approximate surface area is 95.2 Å². The van der Waals surface area contributed by atoms with Crippen LogP contribution in [0.5, 0.6) is 0 Å². The van der Waals surface area contributed by atoms with Gasteiger partial charge >= 0.3 is 0 Å². The highest BCUT2D eigenvalue weighted by molar-refractivity contribution is 5.32. The quantitative estimate of drug-likeness (QED) is 0.657. The highest BCUT2D eigenvalue weighted by atomic mass is 15.1. The number of hydrogen-bond acceptors (Lipinski definition) is 1. The zero-order chi connectivity index (χ0) is 11.8. The van der Waals surface area contributed by atoms with Crippen molar-refractivity contribution in [3.8, 4) is 0 Å². The number of rotatable bonds is 2. The van der Waals surface area contributed by atoms with E-state index in [9.17, 15) is 0 Å². The molecule has 1 aliphatic rings. The summed E-state index contributed by atoms with van der Waals surface area (Å²) in [7, 11) is 0. The van der Waals surface area contributed by atoms with E-state index in [1.807, 2.05) is 13.8 Å². The molecule has 0 unspecified atom stereocenters. The van der Waals surface area contributed by atoms with Crippen LogP contribution in [0.25, 0.3) is 0 Å². The molecule has 86 valence electrons. The van der Waals surface area contributed by atoms with Gasteiger partial charge in [-0.25, -0.2) is 0 Å². The predicted molar refractivity (Wildman–Crippen MR) is 69.9 cm³/mol. The summed E-state index contributed by atoms with van der Waals surface area (Å²) in [5.74, 6) is 0. The molecule has 0 saturated carbocycles. The molecule has 0 aromatic heterocycles. The number of piperidine rings is 1. The molecular formula is C14H25N. The summed E-state index contributed by atoms with van der Waals surface area (Å²) >= 11 is 0. The van der Waals surface area contributed by atoms with E-state index in [1.165, 1.54) is 16.8 Å². The van der Waals surface area contributed by atoms with E-state index in [1.54, 1.807) is 0 Å². The number of hydrogen-bond donors (Lipinski definition) is 0. The monoisotopic (exact) mass is 207 g/mol. The van der Waals surface area contributed by atoms with Crippen molar-refractivity contribution in [2.75, 3.05) is 13.1 Å². The second kappa shape index (κ2) is 7.33. The first-order valence-electron chi connectivity index (χ1n) is 5.95. The third-order valence-electron chi connectivity index (χ3n) is 2.70. The van der Waals surface area contributed by atoms with Crippen LogP contribution in [0.1, 0.15) is 40.5 Å². The van der Waals surface area contributed by atoms with Gasteiger partial charge in [0, 0.05) is 18.8 Å². The van der Waals surface area contributed by atoms with Gasteiger partial charge in [0.25, 0.3) is 0 Å². The van der Waals surface area contributed by atoms with Gasteiger partial charge in [0.05, 0.1) is 0 Å². The van der Waals surface area contributed by atoms with Crippen LogP contribution in [0.15, 0.2) is 36.1 Å². The largest absolute Gasteiger partial charge is 0.371 e. The first kappa shape index (κ1) is 14.0. The summed E-state index contributed by atoms with van der Waals surface area (Å²) in [6, 6.07) is 0. The van der Waals surface area contributed by atoms with E-state index in [4.69, 9.17) is 0 Å². The van der Waals surface area contributed by atoms with Crippen LogP contribution in [-0.2, 0) is 0 Å². The van der Waals surface area contributed by atoms with E-state index in [2.05, 4.69) is 38.0 Å². The Balaban J connectivity index is 0.000000921. The van der Waals surface area contributed by atoms with E-state index < -0.39 is 0 Å². The van der Waals surface area contributed by atoms with Crippen molar-refractivity contribution in [3.63, 3.8) is 0 Å². The van der Waals surface area contributed by atoms with Crippen molar-refractivity contribution in [1.29, 1.82) is 0 Å². The molecule has 15 heavy (non-hydrogen) atoms. The Bertz CT molecular complexity index is 248. The lowest BCUT2D eigenvalue weighted by Crippen LogP contribution is -2.30. The van der Waals surface area contributed by atoms with E-state index in [0.717, 1.165) is 25.9 Å². The van der Waals surface area contributed by atoms with Crippen LogP contribution in [0, 0.1) is 0 Å². The second-order valence-corrected chi connectivity index (χ2v) is 3.51. The first-order chi connectivity index (χ1) is 7.19. The lowest BCUT2D eigenvalue weighted by Gasteiger charge is -2.33. The molecule has 0 amide bonds. The normalized spacial score (nSPS) is 18.5. The lowest BCUT2D eigenvalue weighted by atomic mass is 9.99. The van der Waals surface area contributed by atoms with Crippen LogP contribution in [0.4, 0.5) is 0 Å². The van der Waals surface area contributed by atoms with Crippen LogP contribution < -0.4 is 0 Å². The average Bonchev–Trinajstić information content (AvgIpc) is 2.31. The van der Waals surface area contributed by atoms with Gasteiger partial charge in [-0.05, 0) is 30.9 Å². The smallest absolute Gasteiger partial charge is 0.0425 e. The molecule has 1 heteroatoms. The van der Waals surface area contributed by atoms with Gasteiger partial charge in [0.1, 0.15) is 0 Å². The molecule has 0 aromatic rings. The van der Waals surface area contributed by atoms with Crippen molar-refractivity contribution in [1.82, 2.24) is 4.90 Å². The summed E-state index contributed by atoms with van der Waals surface area (Å²) in [6.07, 6.45) is 4.29. The SMILES string of the molecule is C=C1CCN(C(=C)CC)C/C1=C/C.CC. The molecule has 1 heterocycles. The molecular weight excluding hydrogens is 182 g/mol. The van der Waals surface area contributed by atoms with Gasteiger partial charge in [0.2, 0.25) is 0 Å². The Kier molecular flexibility index (Phi) is 6.85. The maximum absolute atomic E-state index is 4.06. The molecule has 1 fully saturated rings. The number of likely N-dealkylation sites (tertiary alicyclic amines) is 1. The maximum atomic E-state index is 4.06. The minimum Gasteiger partial charge on any atom is -0.371 e. The van der Waals surface area contributed by atoms with Crippen LogP contribution in [0.3, 0.4) is 0 Å². The van der Waals surface area contributed by atoms with Crippen molar-refractivity contribution in [2.45, 2.75) is 40.5 Å². The van der Waals surface area contributed by atoms with Gasteiger partial charge in [-0.2, -0.15) is 0 Å². The minimum absolute atomic E-state index is 1.00. The minimum atomic E-state index is 1.00. The molecule has 0 aromatic carbocycles. The molecule has 0 radical (unpaired) electrons. The van der Waals surface area contributed by atoms with Crippen molar-refractivity contribution >= 4 is 0 Å². The summed E-state index contributed by atoms with van der Waals surface area (Å²) in [4.78, 5) is 2.35. The third kappa shape index (κ3) is 3.94.